The number of nitrogens with one attached hydrogen (secondary N) is 1. The van der Waals surface area contributed by atoms with Crippen LogP contribution in [0.1, 0.15) is 77.6 Å². The number of rotatable bonds is 12. The van der Waals surface area contributed by atoms with Crippen molar-refractivity contribution in [1.82, 2.24) is 14.9 Å². The van der Waals surface area contributed by atoms with Crippen LogP contribution in [0.25, 0.3) is 0 Å². The van der Waals surface area contributed by atoms with Gasteiger partial charge in [0.2, 0.25) is 5.91 Å². The van der Waals surface area contributed by atoms with E-state index < -0.39 is 0 Å². The Kier molecular flexibility index (Phi) is 8.57. The highest BCUT2D eigenvalue weighted by molar-refractivity contribution is 6.06. The molecule has 2 aliphatic heterocycles. The number of pyridine rings is 1. The van der Waals surface area contributed by atoms with Crippen molar-refractivity contribution < 1.29 is 23.5 Å². The fourth-order valence-electron chi connectivity index (χ4n) is 5.73. The van der Waals surface area contributed by atoms with Gasteiger partial charge in [-0.05, 0) is 56.4 Å². The van der Waals surface area contributed by atoms with Gasteiger partial charge in [0.1, 0.15) is 17.8 Å². The largest absolute Gasteiger partial charge is 0.497 e. The molecule has 11 heteroatoms. The van der Waals surface area contributed by atoms with Crippen LogP contribution in [-0.2, 0) is 4.79 Å². The zero-order valence-corrected chi connectivity index (χ0v) is 24.6. The van der Waals surface area contributed by atoms with E-state index in [1.54, 1.807) is 19.4 Å². The lowest BCUT2D eigenvalue weighted by molar-refractivity contribution is -0.127. The molecule has 0 radical (unpaired) electrons. The molecular formula is C32H38N6O5. The van der Waals surface area contributed by atoms with Crippen molar-refractivity contribution in [2.45, 2.75) is 50.9 Å². The van der Waals surface area contributed by atoms with Gasteiger partial charge >= 0.3 is 0 Å². The number of benzene rings is 1. The zero-order chi connectivity index (χ0) is 29.8. The molecule has 1 N–H and O–H groups in total. The molecule has 4 heterocycles. The lowest BCUT2D eigenvalue weighted by Crippen LogP contribution is -2.47. The minimum absolute atomic E-state index is 0.0150. The van der Waals surface area contributed by atoms with Crippen LogP contribution in [0.5, 0.6) is 5.75 Å². The minimum Gasteiger partial charge on any atom is -0.497 e. The summed E-state index contributed by atoms with van der Waals surface area (Å²) in [5.74, 6) is 2.39. The second-order valence-electron chi connectivity index (χ2n) is 11.4. The number of Topliss-reactive ketones (excluding diaryl/α,β-unsaturated/α-hetero) is 1. The molecular weight excluding hydrogens is 548 g/mol. The van der Waals surface area contributed by atoms with Gasteiger partial charge in [0.15, 0.2) is 17.4 Å². The van der Waals surface area contributed by atoms with Crippen molar-refractivity contribution in [2.24, 2.45) is 0 Å². The number of oxazole rings is 1. The highest BCUT2D eigenvalue weighted by atomic mass is 16.5. The number of nitrogens with zero attached hydrogens (tertiary/aromatic N) is 5. The summed E-state index contributed by atoms with van der Waals surface area (Å²) < 4.78 is 10.9. The average molecular weight is 587 g/mol. The molecule has 2 aromatic heterocycles. The summed E-state index contributed by atoms with van der Waals surface area (Å²) in [5.41, 5.74) is 2.20. The van der Waals surface area contributed by atoms with Gasteiger partial charge in [0.25, 0.3) is 5.91 Å². The summed E-state index contributed by atoms with van der Waals surface area (Å²) in [7, 11) is 1.64. The highest BCUT2D eigenvalue weighted by Crippen LogP contribution is 2.39. The van der Waals surface area contributed by atoms with Gasteiger partial charge in [-0.2, -0.15) is 0 Å². The molecule has 2 saturated heterocycles. The molecule has 3 aromatic rings. The number of carbonyl (C=O) groups excluding carboxylic acids is 3. The van der Waals surface area contributed by atoms with Crippen molar-refractivity contribution in [3.63, 3.8) is 0 Å². The number of amides is 2. The molecule has 1 aliphatic carbocycles. The number of likely N-dealkylation sites (tertiary alicyclic amines) is 1. The van der Waals surface area contributed by atoms with Crippen LogP contribution in [0.15, 0.2) is 47.2 Å². The van der Waals surface area contributed by atoms with Crippen LogP contribution in [0.2, 0.25) is 0 Å². The number of carbonyl (C=O) groups is 3. The van der Waals surface area contributed by atoms with Crippen LogP contribution in [0, 0.1) is 0 Å². The maximum Gasteiger partial charge on any atom is 0.277 e. The third-order valence-corrected chi connectivity index (χ3v) is 8.40. The number of unbranched alkanes of at least 4 members (excludes halogenated alkanes) is 1. The molecule has 11 nitrogen and oxygen atoms in total. The van der Waals surface area contributed by atoms with Crippen LogP contribution in [0.3, 0.4) is 0 Å². The number of aromatic nitrogens is 2. The van der Waals surface area contributed by atoms with E-state index >= 15 is 0 Å². The molecule has 1 aromatic carbocycles. The average Bonchev–Trinajstić information content (AvgIpc) is 3.62. The number of anilines is 3. The van der Waals surface area contributed by atoms with Gasteiger partial charge in [0.05, 0.1) is 18.5 Å². The Morgan fingerprint density at radius 3 is 2.60 bits per heavy atom. The smallest absolute Gasteiger partial charge is 0.277 e. The molecule has 0 atom stereocenters. The van der Waals surface area contributed by atoms with Gasteiger partial charge in [-0.3, -0.25) is 14.4 Å². The molecule has 0 unspecified atom stereocenters. The van der Waals surface area contributed by atoms with Crippen LogP contribution in [0.4, 0.5) is 17.2 Å². The topological polar surface area (TPSA) is 121 Å². The molecule has 2 amide bonds. The van der Waals surface area contributed by atoms with E-state index in [9.17, 15) is 14.4 Å². The van der Waals surface area contributed by atoms with Crippen LogP contribution < -0.4 is 19.9 Å². The Hall–Kier alpha value is -4.41. The van der Waals surface area contributed by atoms with E-state index in [1.807, 2.05) is 29.2 Å². The zero-order valence-electron chi connectivity index (χ0n) is 24.6. The SMILES string of the molecule is COc1ccnc(N2CCN(c3ccc(C(=O)CCCCN4CCCC4=O)cc3NC(=O)c3coc(C4CC4)n3)CC2)c1. The molecule has 1 saturated carbocycles. The Morgan fingerprint density at radius 1 is 1.05 bits per heavy atom. The number of piperazine rings is 1. The van der Waals surface area contributed by atoms with Crippen molar-refractivity contribution in [2.75, 3.05) is 61.5 Å². The second kappa shape index (κ2) is 12.8. The lowest BCUT2D eigenvalue weighted by Gasteiger charge is -2.37. The summed E-state index contributed by atoms with van der Waals surface area (Å²) in [6.07, 6.45) is 8.63. The first-order valence-electron chi connectivity index (χ1n) is 15.2. The molecule has 6 rings (SSSR count). The van der Waals surface area contributed by atoms with E-state index in [4.69, 9.17) is 9.15 Å². The Morgan fingerprint density at radius 2 is 1.86 bits per heavy atom. The maximum absolute atomic E-state index is 13.2. The third kappa shape index (κ3) is 6.81. The van der Waals surface area contributed by atoms with E-state index in [0.29, 0.717) is 62.0 Å². The predicted octanol–water partition coefficient (Wildman–Crippen LogP) is 4.51. The Labute approximate surface area is 251 Å². The van der Waals surface area contributed by atoms with E-state index in [2.05, 4.69) is 25.1 Å². The summed E-state index contributed by atoms with van der Waals surface area (Å²) in [6, 6.07) is 9.29. The molecule has 226 valence electrons. The first-order chi connectivity index (χ1) is 21.0. The monoisotopic (exact) mass is 586 g/mol. The van der Waals surface area contributed by atoms with E-state index in [0.717, 1.165) is 62.6 Å². The van der Waals surface area contributed by atoms with Gasteiger partial charge in [0, 0.05) is 75.9 Å². The summed E-state index contributed by atoms with van der Waals surface area (Å²) in [4.78, 5) is 53.5. The van der Waals surface area contributed by atoms with Gasteiger partial charge < -0.3 is 29.2 Å². The molecule has 0 spiro atoms. The number of methoxy groups -OCH3 is 1. The summed E-state index contributed by atoms with van der Waals surface area (Å²) >= 11 is 0. The number of ether oxygens (including phenoxy) is 1. The van der Waals surface area contributed by atoms with Gasteiger partial charge in [-0.1, -0.05) is 0 Å². The molecule has 3 aliphatic rings. The molecule has 3 fully saturated rings. The lowest BCUT2D eigenvalue weighted by atomic mass is 10.0. The molecule has 43 heavy (non-hydrogen) atoms. The number of hydrogen-bond acceptors (Lipinski definition) is 9. The maximum atomic E-state index is 13.2. The van der Waals surface area contributed by atoms with Crippen molar-refractivity contribution in [3.8, 4) is 5.75 Å². The first-order valence-corrected chi connectivity index (χ1v) is 15.2. The summed E-state index contributed by atoms with van der Waals surface area (Å²) in [5, 5.41) is 3.02. The first kappa shape index (κ1) is 28.7. The van der Waals surface area contributed by atoms with Gasteiger partial charge in [-0.15, -0.1) is 0 Å². The summed E-state index contributed by atoms with van der Waals surface area (Å²) in [6.45, 7) is 4.41. The highest BCUT2D eigenvalue weighted by Gasteiger charge is 2.30. The molecule has 0 bridgehead atoms. The van der Waals surface area contributed by atoms with Crippen LogP contribution >= 0.6 is 0 Å². The third-order valence-electron chi connectivity index (χ3n) is 8.40. The fourth-order valence-corrected chi connectivity index (χ4v) is 5.73. The second-order valence-corrected chi connectivity index (χ2v) is 11.4. The van der Waals surface area contributed by atoms with E-state index in [1.165, 1.54) is 6.26 Å². The normalized spacial score (nSPS) is 17.0. The van der Waals surface area contributed by atoms with Crippen LogP contribution in [-0.4, -0.2) is 78.8 Å². The number of ketones is 1. The van der Waals surface area contributed by atoms with Crippen molar-refractivity contribution in [3.05, 3.63) is 59.9 Å². The van der Waals surface area contributed by atoms with Crippen molar-refractivity contribution in [1.29, 1.82) is 0 Å². The Bertz CT molecular complexity index is 1480. The standard InChI is InChI=1S/C32H38N6O5/c1-42-24-11-12-33-29(20-24)37-17-15-36(16-18-37)27-10-9-23(28(39)5-2-3-13-38-14-4-6-30(38)40)19-25(27)34-31(41)26-21-43-32(35-26)22-7-8-22/h9-12,19-22H,2-8,13-18H2,1H3,(H,34,41). The predicted molar refractivity (Wildman–Crippen MR) is 162 cm³/mol. The Balaban J connectivity index is 1.15. The van der Waals surface area contributed by atoms with Gasteiger partial charge in [-0.25, -0.2) is 9.97 Å². The van der Waals surface area contributed by atoms with Crippen molar-refractivity contribution >= 4 is 34.8 Å². The fraction of sp³-hybridized carbons (Fsp3) is 0.469. The number of hydrogen-bond donors (Lipinski definition) is 1. The van der Waals surface area contributed by atoms with E-state index in [-0.39, 0.29) is 23.3 Å². The quantitative estimate of drug-likeness (QED) is 0.241. The minimum atomic E-state index is -0.365.